The summed E-state index contributed by atoms with van der Waals surface area (Å²) in [6.07, 6.45) is 1.65. The molecule has 2 aliphatic heterocycles. The van der Waals surface area contributed by atoms with Crippen molar-refractivity contribution in [2.45, 2.75) is 25.0 Å². The van der Waals surface area contributed by atoms with Crippen molar-refractivity contribution in [1.82, 2.24) is 4.90 Å². The minimum Gasteiger partial charge on any atom is -0.507 e. The van der Waals surface area contributed by atoms with Crippen molar-refractivity contribution in [2.75, 3.05) is 13.2 Å². The van der Waals surface area contributed by atoms with Crippen LogP contribution in [0.4, 0.5) is 0 Å². The molecule has 29 heavy (non-hydrogen) atoms. The maximum Gasteiger partial charge on any atom is 0.295 e. The van der Waals surface area contributed by atoms with Gasteiger partial charge in [-0.05, 0) is 42.7 Å². The summed E-state index contributed by atoms with van der Waals surface area (Å²) in [5, 5.41) is 11.5. The van der Waals surface area contributed by atoms with Crippen LogP contribution >= 0.6 is 27.5 Å². The van der Waals surface area contributed by atoms with Gasteiger partial charge in [-0.1, -0.05) is 51.8 Å². The lowest BCUT2D eigenvalue weighted by Gasteiger charge is -2.27. The van der Waals surface area contributed by atoms with E-state index in [0.717, 1.165) is 17.3 Å². The zero-order valence-corrected chi connectivity index (χ0v) is 17.8. The minimum atomic E-state index is -0.694. The predicted molar refractivity (Wildman–Crippen MR) is 114 cm³/mol. The maximum absolute atomic E-state index is 12.9. The van der Waals surface area contributed by atoms with Gasteiger partial charge in [0, 0.05) is 28.2 Å². The topological polar surface area (TPSA) is 66.8 Å². The van der Waals surface area contributed by atoms with Crippen LogP contribution in [-0.2, 0) is 14.3 Å². The number of benzene rings is 2. The molecule has 2 atom stereocenters. The van der Waals surface area contributed by atoms with Gasteiger partial charge in [0.25, 0.3) is 11.7 Å². The summed E-state index contributed by atoms with van der Waals surface area (Å²) in [6, 6.07) is 13.2. The zero-order valence-electron chi connectivity index (χ0n) is 15.5. The van der Waals surface area contributed by atoms with Crippen LogP contribution in [0.5, 0.6) is 0 Å². The summed E-state index contributed by atoms with van der Waals surface area (Å²) >= 11 is 9.39. The van der Waals surface area contributed by atoms with Crippen molar-refractivity contribution in [3.05, 3.63) is 74.7 Å². The van der Waals surface area contributed by atoms with E-state index < -0.39 is 17.7 Å². The first-order valence-corrected chi connectivity index (χ1v) is 10.5. The van der Waals surface area contributed by atoms with Gasteiger partial charge in [0.1, 0.15) is 5.76 Å². The molecule has 1 N–H and O–H groups in total. The van der Waals surface area contributed by atoms with Crippen molar-refractivity contribution in [3.8, 4) is 0 Å². The molecule has 7 heteroatoms. The number of carbonyl (C=O) groups excluding carboxylic acids is 2. The number of aliphatic hydroxyl groups is 1. The number of hydrogen-bond acceptors (Lipinski definition) is 4. The number of Topliss-reactive ketones (excluding diaryl/α,β-unsaturated/α-hetero) is 1. The second-order valence-corrected chi connectivity index (χ2v) is 8.50. The third-order valence-electron chi connectivity index (χ3n) is 5.27. The van der Waals surface area contributed by atoms with E-state index in [1.165, 1.54) is 4.90 Å². The van der Waals surface area contributed by atoms with Gasteiger partial charge in [-0.15, -0.1) is 0 Å². The molecule has 2 unspecified atom stereocenters. The lowest BCUT2D eigenvalue weighted by atomic mass is 9.95. The number of carbonyl (C=O) groups is 2. The van der Waals surface area contributed by atoms with Gasteiger partial charge in [-0.3, -0.25) is 9.59 Å². The Morgan fingerprint density at radius 3 is 2.45 bits per heavy atom. The molecule has 2 aromatic rings. The normalized spacial score (nSPS) is 23.7. The molecule has 4 rings (SSSR count). The van der Waals surface area contributed by atoms with Gasteiger partial charge in [-0.25, -0.2) is 0 Å². The summed E-state index contributed by atoms with van der Waals surface area (Å²) in [5.74, 6) is -1.51. The number of nitrogens with zero attached hydrogens (tertiary/aromatic N) is 1. The summed E-state index contributed by atoms with van der Waals surface area (Å²) in [5.41, 5.74) is 1.27. The average molecular weight is 477 g/mol. The first kappa shape index (κ1) is 20.1. The molecular formula is C22H19BrClNO4. The van der Waals surface area contributed by atoms with E-state index in [0.29, 0.717) is 29.3 Å². The molecule has 0 aromatic heterocycles. The number of aliphatic hydroxyl groups excluding tert-OH is 1. The highest BCUT2D eigenvalue weighted by molar-refractivity contribution is 9.10. The summed E-state index contributed by atoms with van der Waals surface area (Å²) in [7, 11) is 0. The quantitative estimate of drug-likeness (QED) is 0.394. The zero-order chi connectivity index (χ0) is 20.5. The molecule has 2 aliphatic rings. The van der Waals surface area contributed by atoms with Gasteiger partial charge in [-0.2, -0.15) is 0 Å². The number of ether oxygens (including phenoxy) is 1. The number of likely N-dealkylation sites (tertiary alicyclic amines) is 1. The average Bonchev–Trinajstić information content (AvgIpc) is 3.31. The smallest absolute Gasteiger partial charge is 0.295 e. The van der Waals surface area contributed by atoms with Crippen molar-refractivity contribution < 1.29 is 19.4 Å². The van der Waals surface area contributed by atoms with E-state index in [9.17, 15) is 14.7 Å². The maximum atomic E-state index is 12.9. The minimum absolute atomic E-state index is 0.0811. The molecule has 0 bridgehead atoms. The van der Waals surface area contributed by atoms with Crippen LogP contribution in [0.1, 0.15) is 30.0 Å². The van der Waals surface area contributed by atoms with Gasteiger partial charge >= 0.3 is 0 Å². The Balaban J connectivity index is 1.81. The molecular weight excluding hydrogens is 458 g/mol. The Bertz CT molecular complexity index is 965. The first-order chi connectivity index (χ1) is 14.0. The number of ketones is 1. The highest BCUT2D eigenvalue weighted by atomic mass is 79.9. The van der Waals surface area contributed by atoms with Crippen LogP contribution in [0.3, 0.4) is 0 Å². The van der Waals surface area contributed by atoms with Crippen LogP contribution in [-0.4, -0.2) is 41.0 Å². The summed E-state index contributed by atoms with van der Waals surface area (Å²) < 4.78 is 6.53. The van der Waals surface area contributed by atoms with Crippen molar-refractivity contribution in [1.29, 1.82) is 0 Å². The molecule has 2 fully saturated rings. The number of amides is 1. The fraction of sp³-hybridized carbons (Fsp3) is 0.273. The van der Waals surface area contributed by atoms with Crippen LogP contribution in [0.15, 0.2) is 58.6 Å². The van der Waals surface area contributed by atoms with Crippen LogP contribution in [0, 0.1) is 0 Å². The van der Waals surface area contributed by atoms with E-state index in [2.05, 4.69) is 15.9 Å². The van der Waals surface area contributed by atoms with Crippen LogP contribution in [0.25, 0.3) is 5.76 Å². The Morgan fingerprint density at radius 2 is 1.83 bits per heavy atom. The van der Waals surface area contributed by atoms with Crippen LogP contribution < -0.4 is 0 Å². The molecule has 2 aromatic carbocycles. The molecule has 0 aliphatic carbocycles. The predicted octanol–water partition coefficient (Wildman–Crippen LogP) is 4.70. The van der Waals surface area contributed by atoms with Gasteiger partial charge in [0.15, 0.2) is 0 Å². The molecule has 0 spiro atoms. The number of rotatable bonds is 4. The molecule has 1 amide bonds. The van der Waals surface area contributed by atoms with E-state index in [1.54, 1.807) is 48.5 Å². The third kappa shape index (κ3) is 3.97. The summed E-state index contributed by atoms with van der Waals surface area (Å²) in [6.45, 7) is 0.952. The van der Waals surface area contributed by atoms with E-state index in [-0.39, 0.29) is 17.4 Å². The van der Waals surface area contributed by atoms with E-state index in [1.807, 2.05) is 0 Å². The molecule has 0 saturated carbocycles. The molecule has 5 nitrogen and oxygen atoms in total. The van der Waals surface area contributed by atoms with Gasteiger partial charge < -0.3 is 14.7 Å². The molecule has 2 saturated heterocycles. The lowest BCUT2D eigenvalue weighted by molar-refractivity contribution is -0.140. The Labute approximate surface area is 182 Å². The fourth-order valence-corrected chi connectivity index (χ4v) is 4.22. The number of hydrogen-bond donors (Lipinski definition) is 1. The SMILES string of the molecule is O=C1C(=O)N(CC2CCCO2)C(c2ccc(Cl)cc2)/C1=C(/O)c1ccc(Br)cc1. The van der Waals surface area contributed by atoms with Gasteiger partial charge in [0.2, 0.25) is 0 Å². The van der Waals surface area contributed by atoms with E-state index >= 15 is 0 Å². The standard InChI is InChI=1S/C22H19BrClNO4/c23-15-7-3-14(4-8-15)20(26)18-19(13-5-9-16(24)10-6-13)25(22(28)21(18)27)12-17-2-1-11-29-17/h3-10,17,19,26H,1-2,11-12H2/b20-18-. The molecule has 2 heterocycles. The highest BCUT2D eigenvalue weighted by Crippen LogP contribution is 2.40. The fourth-order valence-electron chi connectivity index (χ4n) is 3.83. The van der Waals surface area contributed by atoms with Crippen molar-refractivity contribution >= 4 is 45.0 Å². The first-order valence-electron chi connectivity index (χ1n) is 9.37. The molecule has 150 valence electrons. The van der Waals surface area contributed by atoms with Crippen molar-refractivity contribution in [3.63, 3.8) is 0 Å². The third-order valence-corrected chi connectivity index (χ3v) is 6.05. The molecule has 0 radical (unpaired) electrons. The largest absolute Gasteiger partial charge is 0.507 e. The Kier molecular flexibility index (Phi) is 5.76. The lowest BCUT2D eigenvalue weighted by Crippen LogP contribution is -2.36. The summed E-state index contributed by atoms with van der Waals surface area (Å²) in [4.78, 5) is 27.3. The Hall–Kier alpha value is -2.15. The van der Waals surface area contributed by atoms with Crippen LogP contribution in [0.2, 0.25) is 5.02 Å². The Morgan fingerprint density at radius 1 is 1.14 bits per heavy atom. The van der Waals surface area contributed by atoms with Gasteiger partial charge in [0.05, 0.1) is 17.7 Å². The second-order valence-electron chi connectivity index (χ2n) is 7.14. The van der Waals surface area contributed by atoms with Crippen molar-refractivity contribution in [2.24, 2.45) is 0 Å². The monoisotopic (exact) mass is 475 g/mol. The van der Waals surface area contributed by atoms with E-state index in [4.69, 9.17) is 16.3 Å². The second kappa shape index (κ2) is 8.30. The highest BCUT2D eigenvalue weighted by Gasteiger charge is 2.47. The number of halogens is 2.